The largest absolute Gasteiger partial charge is 0.380 e. The van der Waals surface area contributed by atoms with Crippen molar-refractivity contribution in [1.29, 1.82) is 0 Å². The Morgan fingerprint density at radius 3 is 2.55 bits per heavy atom. The summed E-state index contributed by atoms with van der Waals surface area (Å²) in [6, 6.07) is 7.17. The maximum absolute atomic E-state index is 11.7. The lowest BCUT2D eigenvalue weighted by Gasteiger charge is -2.15. The van der Waals surface area contributed by atoms with Crippen LogP contribution in [0.3, 0.4) is 0 Å². The quantitative estimate of drug-likeness (QED) is 0.654. The van der Waals surface area contributed by atoms with E-state index in [0.717, 1.165) is 11.1 Å². The maximum Gasteiger partial charge on any atom is 0.239 e. The van der Waals surface area contributed by atoms with Crippen molar-refractivity contribution in [2.75, 3.05) is 13.7 Å². The van der Waals surface area contributed by atoms with Gasteiger partial charge in [-0.2, -0.15) is 0 Å². The average Bonchev–Trinajstić information content (AvgIpc) is 2.50. The van der Waals surface area contributed by atoms with Crippen LogP contribution < -0.4 is 16.4 Å². The highest BCUT2D eigenvalue weighted by Gasteiger charge is 2.17. The van der Waals surface area contributed by atoms with Crippen molar-refractivity contribution in [3.05, 3.63) is 35.4 Å². The van der Waals surface area contributed by atoms with Gasteiger partial charge in [-0.25, -0.2) is 0 Å². The van der Waals surface area contributed by atoms with E-state index in [1.54, 1.807) is 7.11 Å². The maximum atomic E-state index is 11.7. The van der Waals surface area contributed by atoms with Crippen LogP contribution in [-0.2, 0) is 27.5 Å². The number of nitrogens with one attached hydrogen (secondary N) is 2. The van der Waals surface area contributed by atoms with Gasteiger partial charge in [0, 0.05) is 13.7 Å². The molecule has 0 spiro atoms. The minimum atomic E-state index is -0.599. The number of amides is 2. The molecule has 6 heteroatoms. The predicted molar refractivity (Wildman–Crippen MR) is 84.8 cm³/mol. The molecule has 0 aliphatic rings. The predicted octanol–water partition coefficient (Wildman–Crippen LogP) is 0.549. The summed E-state index contributed by atoms with van der Waals surface area (Å²) in [5, 5.41) is 5.29. The molecule has 1 aromatic carbocycles. The van der Waals surface area contributed by atoms with Crippen molar-refractivity contribution >= 4 is 11.8 Å². The molecular formula is C16H25N3O3. The molecule has 2 amide bonds. The van der Waals surface area contributed by atoms with Gasteiger partial charge in [-0.3, -0.25) is 9.59 Å². The van der Waals surface area contributed by atoms with Crippen LogP contribution in [0.2, 0.25) is 0 Å². The van der Waals surface area contributed by atoms with Crippen LogP contribution in [0.1, 0.15) is 25.0 Å². The van der Waals surface area contributed by atoms with Gasteiger partial charge in [-0.15, -0.1) is 0 Å². The molecule has 0 unspecified atom stereocenters. The van der Waals surface area contributed by atoms with Crippen LogP contribution in [0.4, 0.5) is 0 Å². The van der Waals surface area contributed by atoms with Crippen LogP contribution in [0.5, 0.6) is 0 Å². The minimum absolute atomic E-state index is 0.0339. The average molecular weight is 307 g/mol. The zero-order valence-corrected chi connectivity index (χ0v) is 13.4. The van der Waals surface area contributed by atoms with Gasteiger partial charge in [0.2, 0.25) is 11.8 Å². The second kappa shape index (κ2) is 9.17. The molecule has 0 bridgehead atoms. The number of nitrogens with two attached hydrogens (primary N) is 1. The number of carbonyl (C=O) groups excluding carboxylic acids is 2. The first kappa shape index (κ1) is 18.1. The molecular weight excluding hydrogens is 282 g/mol. The van der Waals surface area contributed by atoms with Crippen LogP contribution in [0, 0.1) is 5.92 Å². The van der Waals surface area contributed by atoms with E-state index < -0.39 is 6.04 Å². The van der Waals surface area contributed by atoms with Crippen LogP contribution in [-0.4, -0.2) is 31.5 Å². The molecule has 6 nitrogen and oxygen atoms in total. The van der Waals surface area contributed by atoms with Gasteiger partial charge in [-0.05, 0) is 17.0 Å². The summed E-state index contributed by atoms with van der Waals surface area (Å²) in [7, 11) is 1.64. The van der Waals surface area contributed by atoms with Gasteiger partial charge in [0.25, 0.3) is 0 Å². The Kier molecular flexibility index (Phi) is 7.56. The van der Waals surface area contributed by atoms with Crippen molar-refractivity contribution in [3.8, 4) is 0 Å². The molecule has 0 heterocycles. The Bertz CT molecular complexity index is 503. The third-order valence-corrected chi connectivity index (χ3v) is 3.24. The Balaban J connectivity index is 2.37. The van der Waals surface area contributed by atoms with Crippen molar-refractivity contribution in [2.24, 2.45) is 11.7 Å². The van der Waals surface area contributed by atoms with Gasteiger partial charge < -0.3 is 21.1 Å². The fourth-order valence-electron chi connectivity index (χ4n) is 1.85. The molecule has 22 heavy (non-hydrogen) atoms. The summed E-state index contributed by atoms with van der Waals surface area (Å²) in [6.45, 7) is 4.58. The first-order valence-electron chi connectivity index (χ1n) is 7.30. The summed E-state index contributed by atoms with van der Waals surface area (Å²) in [4.78, 5) is 23.4. The van der Waals surface area contributed by atoms with E-state index in [2.05, 4.69) is 10.6 Å². The number of rotatable bonds is 8. The Morgan fingerprint density at radius 2 is 1.91 bits per heavy atom. The Labute approximate surface area is 131 Å². The second-order valence-corrected chi connectivity index (χ2v) is 5.52. The Morgan fingerprint density at radius 1 is 1.23 bits per heavy atom. The van der Waals surface area contributed by atoms with E-state index >= 15 is 0 Å². The summed E-state index contributed by atoms with van der Waals surface area (Å²) in [5.74, 6) is -0.528. The summed E-state index contributed by atoms with van der Waals surface area (Å²) in [5.41, 5.74) is 7.73. The third kappa shape index (κ3) is 6.24. The van der Waals surface area contributed by atoms with E-state index in [1.807, 2.05) is 38.1 Å². The monoisotopic (exact) mass is 307 g/mol. The number of ether oxygens (including phenoxy) is 1. The summed E-state index contributed by atoms with van der Waals surface area (Å²) < 4.78 is 5.07. The molecule has 0 radical (unpaired) electrons. The van der Waals surface area contributed by atoms with Gasteiger partial charge in [-0.1, -0.05) is 38.1 Å². The van der Waals surface area contributed by atoms with Gasteiger partial charge in [0.05, 0.1) is 19.2 Å². The molecule has 0 fully saturated rings. The van der Waals surface area contributed by atoms with Crippen LogP contribution in [0.15, 0.2) is 24.3 Å². The van der Waals surface area contributed by atoms with E-state index in [1.165, 1.54) is 0 Å². The third-order valence-electron chi connectivity index (χ3n) is 3.24. The fraction of sp³-hybridized carbons (Fsp3) is 0.500. The minimum Gasteiger partial charge on any atom is -0.380 e. The lowest BCUT2D eigenvalue weighted by Crippen LogP contribution is -2.47. The molecule has 1 aromatic rings. The highest BCUT2D eigenvalue weighted by atomic mass is 16.5. The first-order valence-corrected chi connectivity index (χ1v) is 7.30. The fourth-order valence-corrected chi connectivity index (χ4v) is 1.85. The molecule has 0 aliphatic carbocycles. The van der Waals surface area contributed by atoms with Crippen LogP contribution >= 0.6 is 0 Å². The second-order valence-electron chi connectivity index (χ2n) is 5.52. The molecule has 0 aromatic heterocycles. The van der Waals surface area contributed by atoms with Gasteiger partial charge >= 0.3 is 0 Å². The normalized spacial score (nSPS) is 12.0. The highest BCUT2D eigenvalue weighted by Crippen LogP contribution is 2.06. The smallest absolute Gasteiger partial charge is 0.239 e. The van der Waals surface area contributed by atoms with Gasteiger partial charge in [0.1, 0.15) is 0 Å². The zero-order valence-electron chi connectivity index (χ0n) is 13.4. The topological polar surface area (TPSA) is 93.5 Å². The number of methoxy groups -OCH3 is 1. The van der Waals surface area contributed by atoms with Crippen molar-refractivity contribution in [3.63, 3.8) is 0 Å². The van der Waals surface area contributed by atoms with Crippen LogP contribution in [0.25, 0.3) is 0 Å². The summed E-state index contributed by atoms with van der Waals surface area (Å²) >= 11 is 0. The van der Waals surface area contributed by atoms with E-state index in [0.29, 0.717) is 13.2 Å². The zero-order chi connectivity index (χ0) is 16.5. The highest BCUT2D eigenvalue weighted by molar-refractivity contribution is 5.87. The number of carbonyl (C=O) groups is 2. The van der Waals surface area contributed by atoms with Crippen molar-refractivity contribution in [2.45, 2.75) is 33.0 Å². The van der Waals surface area contributed by atoms with E-state index in [9.17, 15) is 9.59 Å². The number of hydrogen-bond donors (Lipinski definition) is 3. The molecule has 0 saturated carbocycles. The SMILES string of the molecule is COCc1cccc(CNC(=O)CNC(=O)[C@@H](N)C(C)C)c1. The summed E-state index contributed by atoms with van der Waals surface area (Å²) in [6.07, 6.45) is 0. The van der Waals surface area contributed by atoms with Crippen molar-refractivity contribution in [1.82, 2.24) is 10.6 Å². The lowest BCUT2D eigenvalue weighted by molar-refractivity contribution is -0.127. The van der Waals surface area contributed by atoms with Gasteiger partial charge in [0.15, 0.2) is 0 Å². The molecule has 4 N–H and O–H groups in total. The molecule has 0 saturated heterocycles. The lowest BCUT2D eigenvalue weighted by atomic mass is 10.1. The van der Waals surface area contributed by atoms with E-state index in [4.69, 9.17) is 10.5 Å². The Hall–Kier alpha value is -1.92. The van der Waals surface area contributed by atoms with E-state index in [-0.39, 0.29) is 24.3 Å². The number of hydrogen-bond acceptors (Lipinski definition) is 4. The molecule has 122 valence electrons. The first-order chi connectivity index (χ1) is 10.4. The molecule has 1 rings (SSSR count). The number of benzene rings is 1. The standard InChI is InChI=1S/C16H25N3O3/c1-11(2)15(17)16(21)19-9-14(20)18-8-12-5-4-6-13(7-12)10-22-3/h4-7,11,15H,8-10,17H2,1-3H3,(H,18,20)(H,19,21)/t15-/m0/s1. The molecule has 0 aliphatic heterocycles. The molecule has 1 atom stereocenters. The van der Waals surface area contributed by atoms with Crippen molar-refractivity contribution < 1.29 is 14.3 Å².